The van der Waals surface area contributed by atoms with E-state index in [-0.39, 0.29) is 42.6 Å². The van der Waals surface area contributed by atoms with Crippen LogP contribution in [-0.4, -0.2) is 38.6 Å². The van der Waals surface area contributed by atoms with Gasteiger partial charge in [-0.2, -0.15) is 0 Å². The number of nitrogens with one attached hydrogen (secondary N) is 1. The van der Waals surface area contributed by atoms with Crippen molar-refractivity contribution in [3.05, 3.63) is 32.6 Å². The van der Waals surface area contributed by atoms with E-state index >= 15 is 0 Å². The number of aromatic nitrogens is 2. The highest BCUT2D eigenvalue weighted by Gasteiger charge is 2.35. The summed E-state index contributed by atoms with van der Waals surface area (Å²) in [6.07, 6.45) is -0.817. The van der Waals surface area contributed by atoms with Gasteiger partial charge in [-0.3, -0.25) is 14.3 Å². The number of ether oxygens (including phenoxy) is 1. The maximum absolute atomic E-state index is 11.7. The van der Waals surface area contributed by atoms with Gasteiger partial charge in [-0.25, -0.2) is 4.79 Å². The van der Waals surface area contributed by atoms with Crippen molar-refractivity contribution in [1.82, 2.24) is 9.55 Å². The number of hydrogen-bond donors (Lipinski definition) is 4. The number of halogens is 1. The number of nitrogens with zero attached hydrogens (tertiary/aromatic N) is 1. The molecule has 4 unspecified atom stereocenters. The molecule has 5 N–H and O–H groups in total. The minimum atomic E-state index is -0.854. The maximum Gasteiger partial charge on any atom is 0.330 e. The Balaban J connectivity index is 0.00000200. The Hall–Kier alpha value is -0.750. The van der Waals surface area contributed by atoms with Crippen molar-refractivity contribution in [2.45, 2.75) is 37.8 Å². The molecule has 0 spiro atoms. The van der Waals surface area contributed by atoms with E-state index in [0.717, 1.165) is 0 Å². The van der Waals surface area contributed by atoms with Crippen molar-refractivity contribution in [1.29, 1.82) is 0 Å². The predicted molar refractivity (Wildman–Crippen MR) is 81.0 cm³/mol. The van der Waals surface area contributed by atoms with Crippen molar-refractivity contribution < 1.29 is 14.9 Å². The Morgan fingerprint density at radius 3 is 2.75 bits per heavy atom. The van der Waals surface area contributed by atoms with Crippen molar-refractivity contribution in [2.24, 2.45) is 5.73 Å². The van der Waals surface area contributed by atoms with E-state index in [1.165, 1.54) is 10.8 Å². The third-order valence-corrected chi connectivity index (χ3v) is 3.18. The molecule has 1 aromatic heterocycles. The Morgan fingerprint density at radius 1 is 1.60 bits per heavy atom. The van der Waals surface area contributed by atoms with Crippen LogP contribution >= 0.6 is 24.0 Å². The van der Waals surface area contributed by atoms with Gasteiger partial charge < -0.3 is 20.7 Å². The molecule has 0 aliphatic carbocycles. The van der Waals surface area contributed by atoms with Gasteiger partial charge in [-0.1, -0.05) is 0 Å². The summed E-state index contributed by atoms with van der Waals surface area (Å²) in [5.74, 6) is 0. The van der Waals surface area contributed by atoms with Crippen LogP contribution in [0.3, 0.4) is 0 Å². The molecule has 1 aliphatic heterocycles. The molecular weight excluding hydrogens is 381 g/mol. The number of aromatic amines is 1. The SMILES string of the molecule is CC(N)c1cn(C2CC(O)C(CO)O2)c(=O)[nH]c1=O.I. The van der Waals surface area contributed by atoms with Crippen molar-refractivity contribution in [2.75, 3.05) is 6.61 Å². The Morgan fingerprint density at radius 2 is 2.25 bits per heavy atom. The Kier molecular flexibility index (Phi) is 5.89. The quantitative estimate of drug-likeness (QED) is 0.473. The molecule has 0 radical (unpaired) electrons. The topological polar surface area (TPSA) is 131 Å². The number of aliphatic hydroxyl groups is 2. The zero-order valence-corrected chi connectivity index (χ0v) is 13.2. The molecule has 20 heavy (non-hydrogen) atoms. The summed E-state index contributed by atoms with van der Waals surface area (Å²) in [5, 5.41) is 18.7. The molecule has 1 aliphatic rings. The molecule has 8 nitrogen and oxygen atoms in total. The summed E-state index contributed by atoms with van der Waals surface area (Å²) in [6.45, 7) is 1.29. The van der Waals surface area contributed by atoms with E-state index in [4.69, 9.17) is 15.6 Å². The van der Waals surface area contributed by atoms with Crippen molar-refractivity contribution >= 4 is 24.0 Å². The molecule has 0 aromatic carbocycles. The number of rotatable bonds is 3. The first-order valence-electron chi connectivity index (χ1n) is 5.99. The van der Waals surface area contributed by atoms with Gasteiger partial charge in [0.05, 0.1) is 18.3 Å². The van der Waals surface area contributed by atoms with Gasteiger partial charge in [0, 0.05) is 18.7 Å². The van der Waals surface area contributed by atoms with Crippen molar-refractivity contribution in [3.63, 3.8) is 0 Å². The number of H-pyrrole nitrogens is 1. The average Bonchev–Trinajstić information content (AvgIpc) is 2.69. The van der Waals surface area contributed by atoms with Gasteiger partial charge in [0.25, 0.3) is 5.56 Å². The second kappa shape index (κ2) is 6.80. The predicted octanol–water partition coefficient (Wildman–Crippen LogP) is -1.19. The van der Waals surface area contributed by atoms with Crippen LogP contribution in [0, 0.1) is 0 Å². The van der Waals surface area contributed by atoms with Gasteiger partial charge in [0.15, 0.2) is 0 Å². The number of hydrogen-bond acceptors (Lipinski definition) is 6. The third kappa shape index (κ3) is 3.28. The molecule has 2 heterocycles. The van der Waals surface area contributed by atoms with E-state index in [2.05, 4.69) is 4.98 Å². The molecule has 9 heteroatoms. The second-order valence-electron chi connectivity index (χ2n) is 4.65. The first kappa shape index (κ1) is 17.3. The zero-order chi connectivity index (χ0) is 14.2. The molecule has 4 atom stereocenters. The molecule has 0 bridgehead atoms. The standard InChI is InChI=1S/C11H17N3O5.HI/c1-5(12)6-3-14(11(18)13-10(6)17)9-2-7(16)8(4-15)19-9;/h3,5,7-9,15-16H,2,4,12H2,1H3,(H,13,17,18);1H. The Bertz CT molecular complexity index is 570. The minimum Gasteiger partial charge on any atom is -0.394 e. The number of aliphatic hydroxyl groups excluding tert-OH is 2. The van der Waals surface area contributed by atoms with E-state index < -0.39 is 35.7 Å². The summed E-state index contributed by atoms with van der Waals surface area (Å²) >= 11 is 0. The fourth-order valence-electron chi connectivity index (χ4n) is 2.09. The summed E-state index contributed by atoms with van der Waals surface area (Å²) in [5.41, 5.74) is 4.73. The molecule has 2 rings (SSSR count). The van der Waals surface area contributed by atoms with Crippen molar-refractivity contribution in [3.8, 4) is 0 Å². The lowest BCUT2D eigenvalue weighted by Gasteiger charge is -2.16. The lowest BCUT2D eigenvalue weighted by atomic mass is 10.2. The van der Waals surface area contributed by atoms with Crippen LogP contribution in [0.1, 0.15) is 31.2 Å². The van der Waals surface area contributed by atoms with Crippen LogP contribution in [0.4, 0.5) is 0 Å². The summed E-state index contributed by atoms with van der Waals surface area (Å²) in [6, 6.07) is -0.532. The second-order valence-corrected chi connectivity index (χ2v) is 4.65. The highest BCUT2D eigenvalue weighted by molar-refractivity contribution is 14.0. The highest BCUT2D eigenvalue weighted by Crippen LogP contribution is 2.27. The van der Waals surface area contributed by atoms with Crippen LogP contribution in [0.2, 0.25) is 0 Å². The third-order valence-electron chi connectivity index (χ3n) is 3.18. The largest absolute Gasteiger partial charge is 0.394 e. The minimum absolute atomic E-state index is 0. The van der Waals surface area contributed by atoms with Crippen LogP contribution < -0.4 is 17.0 Å². The van der Waals surface area contributed by atoms with E-state index in [1.54, 1.807) is 6.92 Å². The summed E-state index contributed by atoms with van der Waals surface area (Å²) in [4.78, 5) is 25.5. The van der Waals surface area contributed by atoms with Gasteiger partial charge in [0.1, 0.15) is 12.3 Å². The zero-order valence-electron chi connectivity index (χ0n) is 10.9. The summed E-state index contributed by atoms with van der Waals surface area (Å²) < 4.78 is 6.54. The molecule has 0 amide bonds. The van der Waals surface area contributed by atoms with Crippen LogP contribution in [0.15, 0.2) is 15.8 Å². The van der Waals surface area contributed by atoms with Gasteiger partial charge in [-0.15, -0.1) is 24.0 Å². The molecule has 1 saturated heterocycles. The molecule has 114 valence electrons. The smallest absolute Gasteiger partial charge is 0.330 e. The fourth-order valence-corrected chi connectivity index (χ4v) is 2.09. The molecule has 1 aromatic rings. The van der Waals surface area contributed by atoms with Gasteiger partial charge in [0.2, 0.25) is 0 Å². The first-order chi connectivity index (χ1) is 8.93. The van der Waals surface area contributed by atoms with Gasteiger partial charge in [-0.05, 0) is 6.92 Å². The highest BCUT2D eigenvalue weighted by atomic mass is 127. The maximum atomic E-state index is 11.7. The van der Waals surface area contributed by atoms with E-state index in [1.807, 2.05) is 0 Å². The molecule has 0 saturated carbocycles. The molecular formula is C11H18IN3O5. The lowest BCUT2D eigenvalue weighted by molar-refractivity contribution is -0.0460. The van der Waals surface area contributed by atoms with Crippen LogP contribution in [0.25, 0.3) is 0 Å². The van der Waals surface area contributed by atoms with E-state index in [9.17, 15) is 14.7 Å². The molecule has 1 fully saturated rings. The monoisotopic (exact) mass is 399 g/mol. The Labute approximate surface area is 131 Å². The van der Waals surface area contributed by atoms with E-state index in [0.29, 0.717) is 0 Å². The van der Waals surface area contributed by atoms with Crippen LogP contribution in [-0.2, 0) is 4.74 Å². The average molecular weight is 399 g/mol. The fraction of sp³-hybridized carbons (Fsp3) is 0.636. The first-order valence-corrected chi connectivity index (χ1v) is 5.99. The summed E-state index contributed by atoms with van der Waals surface area (Å²) in [7, 11) is 0. The lowest BCUT2D eigenvalue weighted by Crippen LogP contribution is -2.35. The number of nitrogens with two attached hydrogens (primary N) is 1. The van der Waals surface area contributed by atoms with Gasteiger partial charge >= 0.3 is 5.69 Å². The van der Waals surface area contributed by atoms with Crippen LogP contribution in [0.5, 0.6) is 0 Å². The normalized spacial score (nSPS) is 27.1.